The molecule has 0 saturated carbocycles. The Balaban J connectivity index is 1.96. The van der Waals surface area contributed by atoms with Crippen molar-refractivity contribution >= 4 is 27.3 Å². The summed E-state index contributed by atoms with van der Waals surface area (Å²) in [7, 11) is 1.99. The first-order valence-electron chi connectivity index (χ1n) is 5.93. The molecule has 3 nitrogen and oxygen atoms in total. The van der Waals surface area contributed by atoms with Crippen molar-refractivity contribution in [3.05, 3.63) is 37.2 Å². The highest BCUT2D eigenvalue weighted by atomic mass is 79.9. The highest BCUT2D eigenvalue weighted by Gasteiger charge is 2.09. The van der Waals surface area contributed by atoms with Gasteiger partial charge in [0.1, 0.15) is 0 Å². The van der Waals surface area contributed by atoms with Gasteiger partial charge in [0.25, 0.3) is 0 Å². The van der Waals surface area contributed by atoms with E-state index >= 15 is 0 Å². The van der Waals surface area contributed by atoms with Crippen molar-refractivity contribution in [1.82, 2.24) is 15.1 Å². The van der Waals surface area contributed by atoms with Crippen molar-refractivity contribution in [2.75, 3.05) is 0 Å². The zero-order chi connectivity index (χ0) is 13.3. The maximum absolute atomic E-state index is 4.43. The first kappa shape index (κ1) is 13.8. The highest BCUT2D eigenvalue weighted by molar-refractivity contribution is 9.10. The molecular formula is C13H18BrN3S. The molecule has 0 fully saturated rings. The van der Waals surface area contributed by atoms with E-state index in [0.717, 1.165) is 18.8 Å². The summed E-state index contributed by atoms with van der Waals surface area (Å²) in [6.45, 7) is 8.09. The van der Waals surface area contributed by atoms with Crippen LogP contribution in [0.1, 0.15) is 26.7 Å². The summed E-state index contributed by atoms with van der Waals surface area (Å²) in [6, 6.07) is 2.19. The smallest absolute Gasteiger partial charge is 0.0641 e. The zero-order valence-corrected chi connectivity index (χ0v) is 13.6. The third-order valence-corrected chi connectivity index (χ3v) is 5.30. The van der Waals surface area contributed by atoms with Gasteiger partial charge in [-0.05, 0) is 42.8 Å². The lowest BCUT2D eigenvalue weighted by atomic mass is 10.2. The Hall–Kier alpha value is -0.650. The monoisotopic (exact) mass is 327 g/mol. The maximum atomic E-state index is 4.43. The molecule has 0 aliphatic rings. The molecule has 2 heterocycles. The summed E-state index contributed by atoms with van der Waals surface area (Å²) in [5.74, 6) is 0. The molecule has 0 saturated heterocycles. The summed E-state index contributed by atoms with van der Waals surface area (Å²) in [6.07, 6.45) is 0. The second-order valence-electron chi connectivity index (χ2n) is 4.49. The Morgan fingerprint density at radius 3 is 2.56 bits per heavy atom. The van der Waals surface area contributed by atoms with Crippen LogP contribution in [0.3, 0.4) is 0 Å². The molecule has 0 spiro atoms. The quantitative estimate of drug-likeness (QED) is 0.931. The predicted octanol–water partition coefficient (Wildman–Crippen LogP) is 3.46. The summed E-state index contributed by atoms with van der Waals surface area (Å²) in [4.78, 5) is 2.69. The Labute approximate surface area is 120 Å². The minimum atomic E-state index is 0.875. The van der Waals surface area contributed by atoms with E-state index in [1.807, 2.05) is 23.1 Å². The van der Waals surface area contributed by atoms with E-state index < -0.39 is 0 Å². The minimum absolute atomic E-state index is 0.875. The van der Waals surface area contributed by atoms with E-state index in [1.165, 1.54) is 25.5 Å². The van der Waals surface area contributed by atoms with Crippen LogP contribution in [0.25, 0.3) is 0 Å². The molecule has 0 unspecified atom stereocenters. The molecule has 5 heteroatoms. The van der Waals surface area contributed by atoms with Gasteiger partial charge in [0.2, 0.25) is 0 Å². The third-order valence-electron chi connectivity index (χ3n) is 3.17. The predicted molar refractivity (Wildman–Crippen MR) is 80.0 cm³/mol. The highest BCUT2D eigenvalue weighted by Crippen LogP contribution is 2.26. The van der Waals surface area contributed by atoms with Gasteiger partial charge in [-0.3, -0.25) is 4.68 Å². The number of thiophene rings is 1. The standard InChI is InChI=1S/C13H18BrN3S/c1-8-12(9(2)17(4)16-8)7-15-6-11-5-13(14)10(3)18-11/h5,15H,6-7H2,1-4H3. The first-order valence-corrected chi connectivity index (χ1v) is 7.54. The zero-order valence-electron chi connectivity index (χ0n) is 11.2. The number of hydrogen-bond donors (Lipinski definition) is 1. The van der Waals surface area contributed by atoms with Crippen LogP contribution in [0, 0.1) is 20.8 Å². The summed E-state index contributed by atoms with van der Waals surface area (Å²) in [5, 5.41) is 7.92. The molecule has 1 N–H and O–H groups in total. The number of rotatable bonds is 4. The number of aromatic nitrogens is 2. The van der Waals surface area contributed by atoms with Crippen LogP contribution in [0.4, 0.5) is 0 Å². The van der Waals surface area contributed by atoms with Crippen molar-refractivity contribution in [3.8, 4) is 0 Å². The van der Waals surface area contributed by atoms with Crippen LogP contribution in [0.2, 0.25) is 0 Å². The SMILES string of the molecule is Cc1nn(C)c(C)c1CNCc1cc(Br)c(C)s1. The van der Waals surface area contributed by atoms with E-state index in [4.69, 9.17) is 0 Å². The van der Waals surface area contributed by atoms with Crippen molar-refractivity contribution in [2.24, 2.45) is 7.05 Å². The number of halogens is 1. The van der Waals surface area contributed by atoms with Crippen molar-refractivity contribution < 1.29 is 0 Å². The average Bonchev–Trinajstić information content (AvgIpc) is 2.73. The normalized spacial score (nSPS) is 11.2. The fraction of sp³-hybridized carbons (Fsp3) is 0.462. The van der Waals surface area contributed by atoms with Gasteiger partial charge in [-0.1, -0.05) is 0 Å². The molecule has 0 amide bonds. The molecule has 0 aromatic carbocycles. The molecule has 18 heavy (non-hydrogen) atoms. The second-order valence-corrected chi connectivity index (χ2v) is 6.69. The van der Waals surface area contributed by atoms with E-state index in [-0.39, 0.29) is 0 Å². The molecule has 2 aromatic rings. The largest absolute Gasteiger partial charge is 0.308 e. The fourth-order valence-corrected chi connectivity index (χ4v) is 3.56. The van der Waals surface area contributed by atoms with Crippen LogP contribution in [-0.2, 0) is 20.1 Å². The van der Waals surface area contributed by atoms with Gasteiger partial charge >= 0.3 is 0 Å². The lowest BCUT2D eigenvalue weighted by Gasteiger charge is -2.04. The van der Waals surface area contributed by atoms with E-state index in [0.29, 0.717) is 0 Å². The molecule has 0 aliphatic carbocycles. The van der Waals surface area contributed by atoms with Gasteiger partial charge in [0, 0.05) is 45.6 Å². The Kier molecular flexibility index (Phi) is 4.25. The second kappa shape index (κ2) is 5.55. The Morgan fingerprint density at radius 2 is 2.06 bits per heavy atom. The molecule has 0 atom stereocenters. The summed E-state index contributed by atoms with van der Waals surface area (Å²) < 4.78 is 3.15. The number of nitrogens with one attached hydrogen (secondary N) is 1. The van der Waals surface area contributed by atoms with Crippen LogP contribution in [0.15, 0.2) is 10.5 Å². The van der Waals surface area contributed by atoms with Gasteiger partial charge < -0.3 is 5.32 Å². The fourth-order valence-electron chi connectivity index (χ4n) is 1.99. The van der Waals surface area contributed by atoms with E-state index in [9.17, 15) is 0 Å². The molecular weight excluding hydrogens is 310 g/mol. The Bertz CT molecular complexity index is 537. The van der Waals surface area contributed by atoms with Crippen LogP contribution < -0.4 is 5.32 Å². The van der Waals surface area contributed by atoms with E-state index in [2.05, 4.69) is 53.2 Å². The molecule has 2 rings (SSSR count). The van der Waals surface area contributed by atoms with Crippen molar-refractivity contribution in [2.45, 2.75) is 33.9 Å². The summed E-state index contributed by atoms with van der Waals surface area (Å²) >= 11 is 5.38. The Morgan fingerprint density at radius 1 is 1.33 bits per heavy atom. The maximum Gasteiger partial charge on any atom is 0.0641 e. The minimum Gasteiger partial charge on any atom is -0.308 e. The lowest BCUT2D eigenvalue weighted by molar-refractivity contribution is 0.690. The van der Waals surface area contributed by atoms with Gasteiger partial charge in [-0.2, -0.15) is 5.10 Å². The topological polar surface area (TPSA) is 29.9 Å². The van der Waals surface area contributed by atoms with Crippen molar-refractivity contribution in [3.63, 3.8) is 0 Å². The lowest BCUT2D eigenvalue weighted by Crippen LogP contribution is -2.13. The van der Waals surface area contributed by atoms with Crippen LogP contribution in [0.5, 0.6) is 0 Å². The average molecular weight is 328 g/mol. The molecule has 0 bridgehead atoms. The van der Waals surface area contributed by atoms with Crippen molar-refractivity contribution in [1.29, 1.82) is 0 Å². The molecule has 0 aliphatic heterocycles. The number of nitrogens with zero attached hydrogens (tertiary/aromatic N) is 2. The van der Waals surface area contributed by atoms with E-state index in [1.54, 1.807) is 0 Å². The van der Waals surface area contributed by atoms with Gasteiger partial charge in [0.15, 0.2) is 0 Å². The molecule has 2 aromatic heterocycles. The van der Waals surface area contributed by atoms with Gasteiger partial charge in [-0.15, -0.1) is 11.3 Å². The molecule has 0 radical (unpaired) electrons. The summed E-state index contributed by atoms with van der Waals surface area (Å²) in [5.41, 5.74) is 3.67. The number of aryl methyl sites for hydroxylation is 3. The van der Waals surface area contributed by atoms with Gasteiger partial charge in [0.05, 0.1) is 5.69 Å². The van der Waals surface area contributed by atoms with Crippen LogP contribution in [-0.4, -0.2) is 9.78 Å². The molecule has 98 valence electrons. The number of hydrogen-bond acceptors (Lipinski definition) is 3. The van der Waals surface area contributed by atoms with Gasteiger partial charge in [-0.25, -0.2) is 0 Å². The van der Waals surface area contributed by atoms with Crippen LogP contribution >= 0.6 is 27.3 Å². The third kappa shape index (κ3) is 2.84. The first-order chi connectivity index (χ1) is 8.49.